The van der Waals surface area contributed by atoms with Gasteiger partial charge in [-0.3, -0.25) is 9.59 Å². The van der Waals surface area contributed by atoms with Gasteiger partial charge < -0.3 is 10.2 Å². The van der Waals surface area contributed by atoms with Crippen molar-refractivity contribution in [2.24, 2.45) is 0 Å². The average Bonchev–Trinajstić information content (AvgIpc) is 1.79. The van der Waals surface area contributed by atoms with E-state index in [9.17, 15) is 9.59 Å². The molecule has 0 bridgehead atoms. The van der Waals surface area contributed by atoms with Gasteiger partial charge in [0.05, 0.1) is 0 Å². The fourth-order valence-corrected chi connectivity index (χ4v) is 0.552. The maximum Gasteiger partial charge on any atom is 0.303 e. The number of rotatable bonds is 5. The molecule has 0 heterocycles. The molecule has 3 radical (unpaired) electrons. The first-order valence-corrected chi connectivity index (χ1v) is 3.06. The number of hydrogen-bond acceptors (Lipinski definition) is 2. The fraction of sp³-hybridized carbons (Fsp3) is 0.667. The third kappa shape index (κ3) is 12.9. The van der Waals surface area contributed by atoms with Crippen LogP contribution < -0.4 is 0 Å². The van der Waals surface area contributed by atoms with Crippen LogP contribution in [0.15, 0.2) is 0 Å². The molecule has 0 aromatic rings. The van der Waals surface area contributed by atoms with E-state index in [0.717, 1.165) is 0 Å². The Morgan fingerprint density at radius 2 is 1.18 bits per heavy atom. The number of carboxylic acid groups (broad SMARTS) is 2. The molecule has 0 saturated carbocycles. The van der Waals surface area contributed by atoms with Gasteiger partial charge in [0.25, 0.3) is 0 Å². The molecule has 11 heavy (non-hydrogen) atoms. The van der Waals surface area contributed by atoms with Gasteiger partial charge in [0.15, 0.2) is 0 Å². The van der Waals surface area contributed by atoms with Crippen LogP contribution in [0, 0.1) is 0 Å². The number of carboxylic acids is 2. The van der Waals surface area contributed by atoms with Crippen molar-refractivity contribution < 1.29 is 19.8 Å². The quantitative estimate of drug-likeness (QED) is 0.556. The summed E-state index contributed by atoms with van der Waals surface area (Å²) in [5, 5.41) is 16.3. The topological polar surface area (TPSA) is 74.6 Å². The molecular formula is C6H10O4Sb. The SMILES string of the molecule is O=C(O)CCCCC(=O)O.[Sb]. The van der Waals surface area contributed by atoms with E-state index in [0.29, 0.717) is 12.8 Å². The molecule has 0 aliphatic carbocycles. The summed E-state index contributed by atoms with van der Waals surface area (Å²) >= 11 is 0. The Morgan fingerprint density at radius 3 is 1.36 bits per heavy atom. The smallest absolute Gasteiger partial charge is 0.303 e. The van der Waals surface area contributed by atoms with Crippen molar-refractivity contribution in [2.45, 2.75) is 25.7 Å². The van der Waals surface area contributed by atoms with Crippen LogP contribution in [0.25, 0.3) is 0 Å². The number of unbranched alkanes of at least 4 members (excludes halogenated alkanes) is 1. The molecule has 0 rings (SSSR count). The Kier molecular flexibility index (Phi) is 9.54. The van der Waals surface area contributed by atoms with Gasteiger partial charge in [-0.25, -0.2) is 0 Å². The first-order chi connectivity index (χ1) is 4.63. The Morgan fingerprint density at radius 1 is 0.909 bits per heavy atom. The number of carbonyl (C=O) groups is 2. The minimum atomic E-state index is -0.870. The summed E-state index contributed by atoms with van der Waals surface area (Å²) in [4.78, 5) is 19.8. The van der Waals surface area contributed by atoms with Crippen molar-refractivity contribution in [1.82, 2.24) is 0 Å². The summed E-state index contributed by atoms with van der Waals surface area (Å²) in [7, 11) is 0. The van der Waals surface area contributed by atoms with Gasteiger partial charge in [-0.05, 0) is 12.8 Å². The van der Waals surface area contributed by atoms with Crippen LogP contribution in [-0.2, 0) is 9.59 Å². The molecule has 0 aliphatic rings. The van der Waals surface area contributed by atoms with E-state index in [1.165, 1.54) is 0 Å². The largest absolute Gasteiger partial charge is 0.481 e. The first-order valence-electron chi connectivity index (χ1n) is 3.06. The molecule has 0 spiro atoms. The van der Waals surface area contributed by atoms with E-state index in [1.54, 1.807) is 0 Å². The van der Waals surface area contributed by atoms with Crippen LogP contribution in [0.2, 0.25) is 0 Å². The first kappa shape index (κ1) is 13.4. The molecule has 2 N–H and O–H groups in total. The zero-order valence-corrected chi connectivity index (χ0v) is 8.54. The molecular weight excluding hydrogens is 258 g/mol. The fourth-order valence-electron chi connectivity index (χ4n) is 0.552. The molecule has 0 fully saturated rings. The summed E-state index contributed by atoms with van der Waals surface area (Å²) in [6, 6.07) is 0. The summed E-state index contributed by atoms with van der Waals surface area (Å²) in [5.41, 5.74) is 0. The van der Waals surface area contributed by atoms with Crippen LogP contribution in [0.1, 0.15) is 25.7 Å². The molecule has 63 valence electrons. The minimum Gasteiger partial charge on any atom is -0.481 e. The molecule has 0 atom stereocenters. The zero-order valence-electron chi connectivity index (χ0n) is 5.99. The van der Waals surface area contributed by atoms with Crippen LogP contribution in [-0.4, -0.2) is 46.6 Å². The predicted octanol–water partition coefficient (Wildman–Crippen LogP) is 0.335. The maximum atomic E-state index is 9.90. The monoisotopic (exact) mass is 267 g/mol. The predicted molar refractivity (Wildman–Crippen MR) is 39.5 cm³/mol. The Balaban J connectivity index is 0. The van der Waals surface area contributed by atoms with Crippen LogP contribution in [0.5, 0.6) is 0 Å². The van der Waals surface area contributed by atoms with Crippen LogP contribution in [0.4, 0.5) is 0 Å². The number of aliphatic carboxylic acids is 2. The van der Waals surface area contributed by atoms with Crippen molar-refractivity contribution in [3.05, 3.63) is 0 Å². The molecule has 0 aromatic carbocycles. The van der Waals surface area contributed by atoms with Gasteiger partial charge in [-0.15, -0.1) is 0 Å². The molecule has 0 aliphatic heterocycles. The van der Waals surface area contributed by atoms with Crippen molar-refractivity contribution in [3.63, 3.8) is 0 Å². The molecule has 0 aromatic heterocycles. The average molecular weight is 268 g/mol. The zero-order chi connectivity index (χ0) is 7.98. The van der Waals surface area contributed by atoms with Gasteiger partial charge in [0.2, 0.25) is 0 Å². The van der Waals surface area contributed by atoms with E-state index < -0.39 is 11.9 Å². The minimum absolute atomic E-state index is 0. The standard InChI is InChI=1S/C6H10O4.Sb/c7-5(8)3-1-2-4-6(9)10;/h1-4H2,(H,7,8)(H,9,10);. The van der Waals surface area contributed by atoms with E-state index >= 15 is 0 Å². The van der Waals surface area contributed by atoms with Gasteiger partial charge >= 0.3 is 11.9 Å². The molecule has 5 heteroatoms. The van der Waals surface area contributed by atoms with Gasteiger partial charge in [0.1, 0.15) is 0 Å². The van der Waals surface area contributed by atoms with E-state index in [1.807, 2.05) is 0 Å². The Labute approximate surface area is 82.0 Å². The molecule has 0 unspecified atom stereocenters. The summed E-state index contributed by atoms with van der Waals surface area (Å²) < 4.78 is 0. The van der Waals surface area contributed by atoms with Crippen molar-refractivity contribution in [2.75, 3.05) is 0 Å². The Bertz CT molecular complexity index is 119. The Hall–Kier alpha value is -0.242. The second kappa shape index (κ2) is 7.86. The van der Waals surface area contributed by atoms with Crippen molar-refractivity contribution in [1.29, 1.82) is 0 Å². The van der Waals surface area contributed by atoms with E-state index in [2.05, 4.69) is 0 Å². The van der Waals surface area contributed by atoms with Crippen molar-refractivity contribution >= 4 is 36.4 Å². The molecule has 0 saturated heterocycles. The number of hydrogen-bond donors (Lipinski definition) is 2. The summed E-state index contributed by atoms with van der Waals surface area (Å²) in [6.45, 7) is 0. The van der Waals surface area contributed by atoms with Crippen LogP contribution in [0.3, 0.4) is 0 Å². The third-order valence-electron chi connectivity index (χ3n) is 1.03. The third-order valence-corrected chi connectivity index (χ3v) is 1.03. The maximum absolute atomic E-state index is 9.90. The molecule has 0 amide bonds. The summed E-state index contributed by atoms with van der Waals surface area (Å²) in [5.74, 6) is -1.74. The second-order valence-electron chi connectivity index (χ2n) is 1.99. The van der Waals surface area contributed by atoms with Crippen molar-refractivity contribution in [3.8, 4) is 0 Å². The van der Waals surface area contributed by atoms with Gasteiger partial charge in [0, 0.05) is 37.3 Å². The van der Waals surface area contributed by atoms with Crippen LogP contribution >= 0.6 is 0 Å². The van der Waals surface area contributed by atoms with E-state index in [-0.39, 0.29) is 37.3 Å². The van der Waals surface area contributed by atoms with E-state index in [4.69, 9.17) is 10.2 Å². The van der Waals surface area contributed by atoms with Gasteiger partial charge in [-0.2, -0.15) is 0 Å². The molecule has 4 nitrogen and oxygen atoms in total. The van der Waals surface area contributed by atoms with Gasteiger partial charge in [-0.1, -0.05) is 0 Å². The normalized spacial score (nSPS) is 8.36. The summed E-state index contributed by atoms with van der Waals surface area (Å²) in [6.07, 6.45) is 1.02. The second-order valence-corrected chi connectivity index (χ2v) is 1.99.